The molecule has 0 aliphatic heterocycles. The van der Waals surface area contributed by atoms with Crippen LogP contribution in [0, 0.1) is 11.3 Å². The molecule has 3 aromatic carbocycles. The predicted octanol–water partition coefficient (Wildman–Crippen LogP) is 3.17. The molecule has 0 aliphatic carbocycles. The van der Waals surface area contributed by atoms with Crippen molar-refractivity contribution in [1.29, 1.82) is 5.26 Å². The van der Waals surface area contributed by atoms with E-state index in [1.807, 2.05) is 55.5 Å². The highest BCUT2D eigenvalue weighted by molar-refractivity contribution is 7.07. The van der Waals surface area contributed by atoms with Gasteiger partial charge in [0.1, 0.15) is 10.7 Å². The molecule has 7 nitrogen and oxygen atoms in total. The van der Waals surface area contributed by atoms with Crippen LogP contribution in [0.5, 0.6) is 11.5 Å². The fourth-order valence-electron chi connectivity index (χ4n) is 3.91. The number of benzene rings is 3. The second-order valence-electron chi connectivity index (χ2n) is 8.21. The molecule has 8 heteroatoms. The summed E-state index contributed by atoms with van der Waals surface area (Å²) in [5, 5.41) is 12.8. The quantitative estimate of drug-likeness (QED) is 0.362. The Morgan fingerprint density at radius 2 is 1.76 bits per heavy atom. The van der Waals surface area contributed by atoms with Crippen LogP contribution in [0.4, 0.5) is 0 Å². The number of hydrogen-bond donors (Lipinski definition) is 1. The highest BCUT2D eigenvalue weighted by Crippen LogP contribution is 2.28. The van der Waals surface area contributed by atoms with E-state index >= 15 is 0 Å². The molecular formula is C30H27N3O4S. The number of amides is 1. The molecule has 0 fully saturated rings. The van der Waals surface area contributed by atoms with Crippen LogP contribution in [0.15, 0.2) is 83.7 Å². The lowest BCUT2D eigenvalue weighted by Crippen LogP contribution is -2.34. The topological polar surface area (TPSA) is 93.4 Å². The van der Waals surface area contributed by atoms with Crippen LogP contribution in [-0.4, -0.2) is 30.7 Å². The first kappa shape index (κ1) is 26.5. The summed E-state index contributed by atoms with van der Waals surface area (Å²) in [6.45, 7) is 2.75. The van der Waals surface area contributed by atoms with Gasteiger partial charge in [0.25, 0.3) is 11.5 Å². The Labute approximate surface area is 224 Å². The van der Waals surface area contributed by atoms with E-state index < -0.39 is 5.91 Å². The summed E-state index contributed by atoms with van der Waals surface area (Å²) in [5.74, 6) is 0.625. The highest BCUT2D eigenvalue weighted by atomic mass is 32.1. The normalized spacial score (nSPS) is 12.0. The SMILES string of the molecule is CCOc1ccc(/C=c2\s/c(=C(/C#N)C(=O)NCCc3ccccc3)n(-c3ccccc3)c2=O)cc1OC. The van der Waals surface area contributed by atoms with Gasteiger partial charge in [0.15, 0.2) is 17.1 Å². The number of nitrogens with zero attached hydrogens (tertiary/aromatic N) is 2. The third-order valence-corrected chi connectivity index (χ3v) is 6.81. The van der Waals surface area contributed by atoms with Crippen LogP contribution in [0.1, 0.15) is 18.1 Å². The maximum absolute atomic E-state index is 13.6. The zero-order chi connectivity index (χ0) is 26.9. The Bertz CT molecular complexity index is 1630. The largest absolute Gasteiger partial charge is 0.493 e. The average molecular weight is 526 g/mol. The lowest BCUT2D eigenvalue weighted by molar-refractivity contribution is -0.115. The molecule has 0 saturated heterocycles. The molecule has 4 rings (SSSR count). The Morgan fingerprint density at radius 3 is 2.42 bits per heavy atom. The van der Waals surface area contributed by atoms with Gasteiger partial charge in [-0.15, -0.1) is 11.3 Å². The molecule has 0 atom stereocenters. The lowest BCUT2D eigenvalue weighted by atomic mass is 10.1. The van der Waals surface area contributed by atoms with Crippen molar-refractivity contribution in [3.8, 4) is 23.3 Å². The number of ether oxygens (including phenoxy) is 2. The van der Waals surface area contributed by atoms with E-state index in [4.69, 9.17) is 9.47 Å². The van der Waals surface area contributed by atoms with Crippen molar-refractivity contribution >= 4 is 28.9 Å². The minimum absolute atomic E-state index is 0.118. The van der Waals surface area contributed by atoms with E-state index in [-0.39, 0.29) is 15.8 Å². The van der Waals surface area contributed by atoms with Crippen LogP contribution in [0.3, 0.4) is 0 Å². The zero-order valence-electron chi connectivity index (χ0n) is 21.1. The van der Waals surface area contributed by atoms with Crippen molar-refractivity contribution in [2.45, 2.75) is 13.3 Å². The Morgan fingerprint density at radius 1 is 1.05 bits per heavy atom. The molecule has 1 N–H and O–H groups in total. The number of para-hydroxylation sites is 1. The van der Waals surface area contributed by atoms with Crippen LogP contribution in [0.25, 0.3) is 17.3 Å². The summed E-state index contributed by atoms with van der Waals surface area (Å²) in [5.41, 5.74) is 1.92. The number of carbonyl (C=O) groups is 1. The van der Waals surface area contributed by atoms with E-state index in [1.54, 1.807) is 49.6 Å². The smallest absolute Gasteiger partial charge is 0.273 e. The second kappa shape index (κ2) is 12.6. The number of nitriles is 1. The minimum Gasteiger partial charge on any atom is -0.493 e. The first-order valence-corrected chi connectivity index (χ1v) is 12.9. The van der Waals surface area contributed by atoms with Gasteiger partial charge in [-0.05, 0) is 54.8 Å². The first-order chi connectivity index (χ1) is 18.5. The van der Waals surface area contributed by atoms with Crippen LogP contribution < -0.4 is 29.5 Å². The molecule has 0 spiro atoms. The van der Waals surface area contributed by atoms with E-state index in [2.05, 4.69) is 5.32 Å². The van der Waals surface area contributed by atoms with Crippen LogP contribution in [-0.2, 0) is 11.2 Å². The van der Waals surface area contributed by atoms with Crippen molar-refractivity contribution in [2.75, 3.05) is 20.3 Å². The van der Waals surface area contributed by atoms with Gasteiger partial charge in [-0.2, -0.15) is 5.26 Å². The Kier molecular flexibility index (Phi) is 8.75. The van der Waals surface area contributed by atoms with Crippen LogP contribution in [0.2, 0.25) is 0 Å². The number of rotatable bonds is 9. The standard InChI is InChI=1S/C30H27N3O4S/c1-3-37-25-15-14-22(18-26(25)36-2)19-27-29(35)33(23-12-8-5-9-13-23)30(38-27)24(20-31)28(34)32-17-16-21-10-6-4-7-11-21/h4-15,18-19H,3,16-17H2,1-2H3,(H,32,34)/b27-19-,30-24-. The first-order valence-electron chi connectivity index (χ1n) is 12.1. The molecule has 0 unspecified atom stereocenters. The van der Waals surface area contributed by atoms with E-state index in [1.165, 1.54) is 4.57 Å². The van der Waals surface area contributed by atoms with Crippen molar-refractivity contribution in [3.05, 3.63) is 110 Å². The van der Waals surface area contributed by atoms with Gasteiger partial charge in [0, 0.05) is 6.54 Å². The Balaban J connectivity index is 1.80. The van der Waals surface area contributed by atoms with Crippen molar-refractivity contribution in [1.82, 2.24) is 9.88 Å². The molecule has 192 valence electrons. The molecule has 1 aromatic heterocycles. The predicted molar refractivity (Wildman–Crippen MR) is 149 cm³/mol. The van der Waals surface area contributed by atoms with Gasteiger partial charge in [-0.1, -0.05) is 54.6 Å². The number of methoxy groups -OCH3 is 1. The summed E-state index contributed by atoms with van der Waals surface area (Å²) < 4.78 is 13.1. The third-order valence-electron chi connectivity index (χ3n) is 5.72. The lowest BCUT2D eigenvalue weighted by Gasteiger charge is -2.09. The van der Waals surface area contributed by atoms with Gasteiger partial charge in [-0.3, -0.25) is 14.2 Å². The number of aromatic nitrogens is 1. The molecular weight excluding hydrogens is 498 g/mol. The monoisotopic (exact) mass is 525 g/mol. The summed E-state index contributed by atoms with van der Waals surface area (Å²) in [6, 6.07) is 26.1. The van der Waals surface area contributed by atoms with Crippen LogP contribution >= 0.6 is 11.3 Å². The van der Waals surface area contributed by atoms with Crippen molar-refractivity contribution < 1.29 is 14.3 Å². The second-order valence-corrected chi connectivity index (χ2v) is 9.24. The summed E-state index contributed by atoms with van der Waals surface area (Å²) in [4.78, 5) is 26.7. The third kappa shape index (κ3) is 6.02. The minimum atomic E-state index is -0.524. The van der Waals surface area contributed by atoms with Gasteiger partial charge in [0.05, 0.1) is 23.9 Å². The maximum atomic E-state index is 13.6. The zero-order valence-corrected chi connectivity index (χ0v) is 22.0. The molecule has 0 aliphatic rings. The van der Waals surface area contributed by atoms with E-state index in [0.29, 0.717) is 41.3 Å². The van der Waals surface area contributed by atoms with E-state index in [0.717, 1.165) is 22.5 Å². The summed E-state index contributed by atoms with van der Waals surface area (Å²) in [7, 11) is 1.55. The summed E-state index contributed by atoms with van der Waals surface area (Å²) in [6.07, 6.45) is 2.34. The number of hydrogen-bond acceptors (Lipinski definition) is 6. The van der Waals surface area contributed by atoms with Gasteiger partial charge in [0.2, 0.25) is 0 Å². The molecule has 38 heavy (non-hydrogen) atoms. The van der Waals surface area contributed by atoms with Gasteiger partial charge >= 0.3 is 0 Å². The highest BCUT2D eigenvalue weighted by Gasteiger charge is 2.17. The number of nitrogens with one attached hydrogen (secondary N) is 1. The molecule has 0 bridgehead atoms. The maximum Gasteiger partial charge on any atom is 0.273 e. The van der Waals surface area contributed by atoms with Crippen molar-refractivity contribution in [2.24, 2.45) is 0 Å². The molecule has 0 saturated carbocycles. The molecule has 4 aromatic rings. The Hall–Kier alpha value is -4.61. The molecule has 1 heterocycles. The van der Waals surface area contributed by atoms with Crippen molar-refractivity contribution in [3.63, 3.8) is 0 Å². The fourth-order valence-corrected chi connectivity index (χ4v) is 5.01. The average Bonchev–Trinajstić information content (AvgIpc) is 3.26. The summed E-state index contributed by atoms with van der Waals surface area (Å²) >= 11 is 1.10. The van der Waals surface area contributed by atoms with E-state index in [9.17, 15) is 14.9 Å². The number of thiazole rings is 1. The fraction of sp³-hybridized carbons (Fsp3) is 0.167. The molecule has 1 amide bonds. The molecule has 0 radical (unpaired) electrons. The van der Waals surface area contributed by atoms with Gasteiger partial charge < -0.3 is 14.8 Å². The number of carbonyl (C=O) groups excluding carboxylic acids is 1. The van der Waals surface area contributed by atoms with Gasteiger partial charge in [-0.25, -0.2) is 0 Å².